The molecule has 0 aromatic heterocycles. The Morgan fingerprint density at radius 1 is 1.07 bits per heavy atom. The normalized spacial score (nSPS) is 11.3. The maximum Gasteiger partial charge on any atom is 0.196 e. The van der Waals surface area contributed by atoms with Crippen LogP contribution in [0.1, 0.15) is 24.5 Å². The molecule has 0 saturated heterocycles. The first kappa shape index (κ1) is 20.7. The number of hydrogen-bond acceptors (Lipinski definition) is 4. The van der Waals surface area contributed by atoms with Crippen LogP contribution in [0.3, 0.4) is 0 Å². The Bertz CT molecular complexity index is 719. The largest absolute Gasteiger partial charge is 0.493 e. The standard InChI is InChI=1S/C21H29N3O3/c1-3-22-21(23-15-17-8-4-5-9-18(17)16-25)24-19-10-6-11-20(14-19)27-13-7-12-26-2/h4-6,8-11,14,25H,3,7,12-13,15-16H2,1-2H3,(H2,22,23,24). The van der Waals surface area contributed by atoms with Crippen molar-refractivity contribution in [2.45, 2.75) is 26.5 Å². The van der Waals surface area contributed by atoms with E-state index >= 15 is 0 Å². The monoisotopic (exact) mass is 371 g/mol. The van der Waals surface area contributed by atoms with E-state index in [1.54, 1.807) is 7.11 Å². The molecule has 0 unspecified atom stereocenters. The van der Waals surface area contributed by atoms with Gasteiger partial charge < -0.3 is 25.2 Å². The Morgan fingerprint density at radius 3 is 2.63 bits per heavy atom. The minimum absolute atomic E-state index is 0.0120. The smallest absolute Gasteiger partial charge is 0.196 e. The minimum Gasteiger partial charge on any atom is -0.493 e. The lowest BCUT2D eigenvalue weighted by molar-refractivity contribution is 0.172. The Morgan fingerprint density at radius 2 is 1.89 bits per heavy atom. The van der Waals surface area contributed by atoms with Crippen molar-refractivity contribution in [3.05, 3.63) is 59.7 Å². The van der Waals surface area contributed by atoms with Crippen LogP contribution in [0.15, 0.2) is 53.5 Å². The summed E-state index contributed by atoms with van der Waals surface area (Å²) >= 11 is 0. The summed E-state index contributed by atoms with van der Waals surface area (Å²) in [5.74, 6) is 1.49. The first-order valence-corrected chi connectivity index (χ1v) is 9.21. The molecule has 0 heterocycles. The van der Waals surface area contributed by atoms with Crippen LogP contribution in [0.5, 0.6) is 5.75 Å². The zero-order valence-corrected chi connectivity index (χ0v) is 16.1. The van der Waals surface area contributed by atoms with E-state index in [1.165, 1.54) is 0 Å². The molecule has 0 bridgehead atoms. The fraction of sp³-hybridized carbons (Fsp3) is 0.381. The van der Waals surface area contributed by atoms with Crippen molar-refractivity contribution in [3.8, 4) is 5.75 Å². The second kappa shape index (κ2) is 11.9. The molecule has 2 rings (SSSR count). The van der Waals surface area contributed by atoms with E-state index in [9.17, 15) is 5.11 Å². The zero-order valence-electron chi connectivity index (χ0n) is 16.1. The molecule has 2 aromatic rings. The number of aliphatic hydroxyl groups is 1. The molecule has 0 spiro atoms. The third-order valence-corrected chi connectivity index (χ3v) is 3.90. The van der Waals surface area contributed by atoms with Gasteiger partial charge >= 0.3 is 0 Å². The molecule has 0 atom stereocenters. The number of guanidine groups is 1. The predicted octanol–water partition coefficient (Wildman–Crippen LogP) is 3.17. The molecule has 0 saturated carbocycles. The summed E-state index contributed by atoms with van der Waals surface area (Å²) in [6, 6.07) is 15.5. The van der Waals surface area contributed by atoms with E-state index in [4.69, 9.17) is 9.47 Å². The quantitative estimate of drug-likeness (QED) is 0.340. The minimum atomic E-state index is 0.0120. The number of nitrogens with one attached hydrogen (secondary N) is 2. The fourth-order valence-electron chi connectivity index (χ4n) is 2.53. The summed E-state index contributed by atoms with van der Waals surface area (Å²) in [6.07, 6.45) is 0.850. The summed E-state index contributed by atoms with van der Waals surface area (Å²) in [5, 5.41) is 16.0. The number of hydrogen-bond donors (Lipinski definition) is 3. The van der Waals surface area contributed by atoms with Gasteiger partial charge in [0, 0.05) is 38.4 Å². The molecule has 0 amide bonds. The van der Waals surface area contributed by atoms with E-state index < -0.39 is 0 Å². The van der Waals surface area contributed by atoms with Crippen LogP contribution in [-0.2, 0) is 17.9 Å². The highest BCUT2D eigenvalue weighted by atomic mass is 16.5. The molecule has 6 heteroatoms. The third-order valence-electron chi connectivity index (χ3n) is 3.90. The first-order chi connectivity index (χ1) is 13.3. The van der Waals surface area contributed by atoms with Crippen LogP contribution in [0.4, 0.5) is 5.69 Å². The number of methoxy groups -OCH3 is 1. The Kier molecular flexibility index (Phi) is 9.17. The molecule has 146 valence electrons. The van der Waals surface area contributed by atoms with Crippen molar-refractivity contribution in [3.63, 3.8) is 0 Å². The highest BCUT2D eigenvalue weighted by Crippen LogP contribution is 2.18. The molecule has 0 fully saturated rings. The number of anilines is 1. The lowest BCUT2D eigenvalue weighted by Gasteiger charge is -2.13. The van der Waals surface area contributed by atoms with Gasteiger partial charge in [0.25, 0.3) is 0 Å². The van der Waals surface area contributed by atoms with Crippen molar-refractivity contribution in [1.29, 1.82) is 0 Å². The maximum atomic E-state index is 9.46. The summed E-state index contributed by atoms with van der Waals surface area (Å²) in [6.45, 7) is 4.57. The molecular formula is C21H29N3O3. The van der Waals surface area contributed by atoms with Crippen LogP contribution in [0, 0.1) is 0 Å². The highest BCUT2D eigenvalue weighted by molar-refractivity contribution is 5.93. The van der Waals surface area contributed by atoms with Crippen molar-refractivity contribution in [2.75, 3.05) is 32.2 Å². The molecule has 6 nitrogen and oxygen atoms in total. The Hall–Kier alpha value is -2.57. The SMILES string of the molecule is CCNC(=NCc1ccccc1CO)Nc1cccc(OCCCOC)c1. The fourth-order valence-corrected chi connectivity index (χ4v) is 2.53. The molecule has 0 radical (unpaired) electrons. The van der Waals surface area contributed by atoms with Crippen LogP contribution < -0.4 is 15.4 Å². The van der Waals surface area contributed by atoms with E-state index in [2.05, 4.69) is 15.6 Å². The molecule has 0 aliphatic heterocycles. The van der Waals surface area contributed by atoms with Crippen molar-refractivity contribution < 1.29 is 14.6 Å². The van der Waals surface area contributed by atoms with Gasteiger partial charge in [-0.25, -0.2) is 4.99 Å². The Labute approximate surface area is 161 Å². The molecule has 0 aliphatic rings. The number of rotatable bonds is 10. The molecule has 3 N–H and O–H groups in total. The van der Waals surface area contributed by atoms with E-state index in [1.807, 2.05) is 55.5 Å². The molecule has 2 aromatic carbocycles. The van der Waals surface area contributed by atoms with Crippen molar-refractivity contribution in [1.82, 2.24) is 5.32 Å². The summed E-state index contributed by atoms with van der Waals surface area (Å²) < 4.78 is 10.8. The van der Waals surface area contributed by atoms with Crippen molar-refractivity contribution in [2.24, 2.45) is 4.99 Å². The molecule has 27 heavy (non-hydrogen) atoms. The maximum absolute atomic E-state index is 9.46. The topological polar surface area (TPSA) is 75.1 Å². The lowest BCUT2D eigenvalue weighted by atomic mass is 10.1. The van der Waals surface area contributed by atoms with Gasteiger partial charge in [-0.05, 0) is 30.2 Å². The van der Waals surface area contributed by atoms with Crippen LogP contribution in [0.2, 0.25) is 0 Å². The van der Waals surface area contributed by atoms with Gasteiger partial charge in [-0.15, -0.1) is 0 Å². The van der Waals surface area contributed by atoms with Crippen LogP contribution in [-0.4, -0.2) is 37.9 Å². The average molecular weight is 371 g/mol. The van der Waals surface area contributed by atoms with E-state index in [-0.39, 0.29) is 6.61 Å². The van der Waals surface area contributed by atoms with Gasteiger partial charge in [-0.3, -0.25) is 0 Å². The van der Waals surface area contributed by atoms with Gasteiger partial charge in [0.05, 0.1) is 19.8 Å². The van der Waals surface area contributed by atoms with Gasteiger partial charge in [0.2, 0.25) is 0 Å². The number of benzene rings is 2. The number of ether oxygens (including phenoxy) is 2. The summed E-state index contributed by atoms with van der Waals surface area (Å²) in [5.41, 5.74) is 2.80. The zero-order chi connectivity index (χ0) is 19.3. The first-order valence-electron chi connectivity index (χ1n) is 9.21. The Balaban J connectivity index is 2.02. The second-order valence-corrected chi connectivity index (χ2v) is 5.97. The second-order valence-electron chi connectivity index (χ2n) is 5.97. The number of aliphatic hydroxyl groups excluding tert-OH is 1. The van der Waals surface area contributed by atoms with Gasteiger partial charge in [0.15, 0.2) is 5.96 Å². The predicted molar refractivity (Wildman–Crippen MR) is 109 cm³/mol. The lowest BCUT2D eigenvalue weighted by Crippen LogP contribution is -2.30. The van der Waals surface area contributed by atoms with E-state index in [0.29, 0.717) is 25.7 Å². The highest BCUT2D eigenvalue weighted by Gasteiger charge is 2.03. The van der Waals surface area contributed by atoms with E-state index in [0.717, 1.165) is 35.5 Å². The van der Waals surface area contributed by atoms with Gasteiger partial charge in [-0.2, -0.15) is 0 Å². The summed E-state index contributed by atoms with van der Waals surface area (Å²) in [4.78, 5) is 4.63. The van der Waals surface area contributed by atoms with Crippen molar-refractivity contribution >= 4 is 11.6 Å². The average Bonchev–Trinajstić information content (AvgIpc) is 2.70. The molecule has 0 aliphatic carbocycles. The van der Waals surface area contributed by atoms with Crippen LogP contribution >= 0.6 is 0 Å². The summed E-state index contributed by atoms with van der Waals surface area (Å²) in [7, 11) is 1.69. The third kappa shape index (κ3) is 7.29. The van der Waals surface area contributed by atoms with Gasteiger partial charge in [-0.1, -0.05) is 30.3 Å². The number of nitrogens with zero attached hydrogens (tertiary/aromatic N) is 1. The van der Waals surface area contributed by atoms with Crippen LogP contribution in [0.25, 0.3) is 0 Å². The number of aliphatic imine (C=N–C) groups is 1. The van der Waals surface area contributed by atoms with Gasteiger partial charge in [0.1, 0.15) is 5.75 Å². The molecular weight excluding hydrogens is 342 g/mol.